The summed E-state index contributed by atoms with van der Waals surface area (Å²) in [6, 6.07) is 30.1. The van der Waals surface area contributed by atoms with Crippen molar-refractivity contribution in [1.82, 2.24) is 15.1 Å². The summed E-state index contributed by atoms with van der Waals surface area (Å²) in [6.45, 7) is 19.8. The van der Waals surface area contributed by atoms with Crippen LogP contribution in [-0.4, -0.2) is 122 Å². The molecule has 5 N–H and O–H groups in total. The van der Waals surface area contributed by atoms with E-state index in [2.05, 4.69) is 141 Å². The highest BCUT2D eigenvalue weighted by atomic mass is 28.3. The molecule has 0 saturated heterocycles. The Bertz CT molecular complexity index is 3660. The molecule has 0 spiro atoms. The minimum atomic E-state index is -4.70. The first-order valence-corrected chi connectivity index (χ1v) is 31.3. The van der Waals surface area contributed by atoms with Gasteiger partial charge in [0.2, 0.25) is 5.91 Å². The standard InChI is InChI=1S/C66H76B2F3N5O6Si/c1-42(2)61(77)19-14-15-31-75(38-46-33-44(5)20-28-59(46)67(79)80)41-58-52-18-13-12-17-51(52)57(40-76(32-16-30-72-65(78)43(3)4)39-47-34-48(66(69,70)71)22-29-60(47)68(81)82)53-25-21-45(35-56(53)58)64-54-26-23-49(73(6)7)36-62(54)83(10,11)63-37-50(74(8)9)24-27-55(63)64/h12-13,17-18,20-29,33-37,79-82H,1,3,14-16,19,30-32,38-41H2,2,4-11H3/p+1. The fourth-order valence-electron chi connectivity index (χ4n) is 11.7. The van der Waals surface area contributed by atoms with Crippen LogP contribution >= 0.6 is 0 Å². The first-order chi connectivity index (χ1) is 39.2. The van der Waals surface area contributed by atoms with Crippen molar-refractivity contribution >= 4 is 88.6 Å². The number of alkyl halides is 3. The van der Waals surface area contributed by atoms with Gasteiger partial charge in [-0.2, -0.15) is 13.2 Å². The number of fused-ring (bicyclic) bond motifs is 4. The molecular weight excluding hydrogens is 1070 g/mol. The number of ketones is 1. The number of hydrogen-bond donors (Lipinski definition) is 5. The quantitative estimate of drug-likeness (QED) is 0.0140. The Morgan fingerprint density at radius 3 is 1.89 bits per heavy atom. The smallest absolute Gasteiger partial charge is 0.423 e. The van der Waals surface area contributed by atoms with Gasteiger partial charge >= 0.3 is 20.4 Å². The van der Waals surface area contributed by atoms with Crippen molar-refractivity contribution in [3.63, 3.8) is 0 Å². The molecule has 8 rings (SSSR count). The topological polar surface area (TPSA) is 140 Å². The number of unbranched alkanes of at least 4 members (excludes halogenated alkanes) is 1. The molecule has 0 saturated carbocycles. The third kappa shape index (κ3) is 14.0. The lowest BCUT2D eigenvalue weighted by atomic mass is 9.76. The van der Waals surface area contributed by atoms with E-state index in [9.17, 15) is 42.9 Å². The molecule has 83 heavy (non-hydrogen) atoms. The monoisotopic (exact) mass is 1140 g/mol. The molecular formula is C66H77B2F3N5O6Si+. The number of amides is 1. The molecule has 1 aliphatic carbocycles. The van der Waals surface area contributed by atoms with Crippen molar-refractivity contribution in [1.29, 1.82) is 0 Å². The fourth-order valence-corrected chi connectivity index (χ4v) is 14.8. The Morgan fingerprint density at radius 2 is 1.30 bits per heavy atom. The average Bonchev–Trinajstić information content (AvgIpc) is 2.81. The summed E-state index contributed by atoms with van der Waals surface area (Å²) >= 11 is 0. The van der Waals surface area contributed by atoms with E-state index in [1.807, 2.05) is 36.1 Å². The van der Waals surface area contributed by atoms with Crippen LogP contribution < -0.4 is 26.3 Å². The molecule has 6 aromatic carbocycles. The molecule has 432 valence electrons. The molecule has 0 unspecified atom stereocenters. The summed E-state index contributed by atoms with van der Waals surface area (Å²) in [5.74, 6) is -0.305. The Labute approximate surface area is 488 Å². The number of carbonyl (C=O) groups excluding carboxylic acids is 2. The van der Waals surface area contributed by atoms with Crippen LogP contribution in [0.5, 0.6) is 0 Å². The number of benzene rings is 6. The lowest BCUT2D eigenvalue weighted by Crippen LogP contribution is -2.49. The zero-order chi connectivity index (χ0) is 60.2. The molecule has 0 bridgehead atoms. The van der Waals surface area contributed by atoms with Crippen molar-refractivity contribution < 1.29 is 47.4 Å². The zero-order valence-corrected chi connectivity index (χ0v) is 50.3. The number of nitrogens with zero attached hydrogens (tertiary/aromatic N) is 4. The summed E-state index contributed by atoms with van der Waals surface area (Å²) in [5.41, 5.74) is 10.6. The van der Waals surface area contributed by atoms with Crippen LogP contribution in [0.4, 0.5) is 18.9 Å². The van der Waals surface area contributed by atoms with Crippen molar-refractivity contribution in [2.24, 2.45) is 0 Å². The number of rotatable bonds is 23. The van der Waals surface area contributed by atoms with Crippen molar-refractivity contribution in [2.75, 3.05) is 52.7 Å². The second kappa shape index (κ2) is 25.9. The van der Waals surface area contributed by atoms with E-state index < -0.39 is 34.1 Å². The zero-order valence-electron chi connectivity index (χ0n) is 49.3. The first kappa shape index (κ1) is 62.1. The summed E-state index contributed by atoms with van der Waals surface area (Å²) < 4.78 is 45.4. The largest absolute Gasteiger partial charge is 0.488 e. The Hall–Kier alpha value is -6.95. The van der Waals surface area contributed by atoms with Crippen LogP contribution in [0.1, 0.15) is 84.0 Å². The molecule has 1 heterocycles. The number of carbonyl (C=O) groups is 2. The predicted molar refractivity (Wildman–Crippen MR) is 336 cm³/mol. The average molecular weight is 1140 g/mol. The number of hydrogen-bond acceptors (Lipinski definition) is 9. The van der Waals surface area contributed by atoms with E-state index in [0.717, 1.165) is 95.7 Å². The second-order valence-electron chi connectivity index (χ2n) is 23.3. The number of nitrogens with one attached hydrogen (secondary N) is 1. The van der Waals surface area contributed by atoms with Gasteiger partial charge in [0.05, 0.1) is 5.56 Å². The van der Waals surface area contributed by atoms with Crippen molar-refractivity contribution in [2.45, 2.75) is 91.9 Å². The van der Waals surface area contributed by atoms with Crippen LogP contribution in [0.3, 0.4) is 0 Å². The molecule has 6 aromatic rings. The lowest BCUT2D eigenvalue weighted by molar-refractivity contribution is -0.462. The summed E-state index contributed by atoms with van der Waals surface area (Å²) in [4.78, 5) is 32.0. The van der Waals surface area contributed by atoms with Crippen LogP contribution in [0.15, 0.2) is 150 Å². The van der Waals surface area contributed by atoms with Gasteiger partial charge in [0, 0.05) is 83.2 Å². The molecule has 1 aliphatic heterocycles. The maximum Gasteiger partial charge on any atom is 0.488 e. The number of halogens is 3. The maximum atomic E-state index is 14.4. The number of allylic oxidation sites excluding steroid dienone is 6. The van der Waals surface area contributed by atoms with Gasteiger partial charge in [-0.15, -0.1) is 0 Å². The summed E-state index contributed by atoms with van der Waals surface area (Å²) in [6.07, 6.45) is 4.12. The molecule has 0 fully saturated rings. The Balaban J connectivity index is 1.39. The fraction of sp³-hybridized carbons (Fsp3) is 0.318. The molecule has 0 atom stereocenters. The number of Topliss-reactive ketones (excluding diaryl/α,β-unsaturated/α-hetero) is 1. The minimum Gasteiger partial charge on any atom is -0.423 e. The van der Waals surface area contributed by atoms with Gasteiger partial charge in [-0.25, -0.2) is 4.58 Å². The van der Waals surface area contributed by atoms with E-state index in [1.54, 1.807) is 19.9 Å². The molecule has 17 heteroatoms. The molecule has 0 radical (unpaired) electrons. The normalized spacial score (nSPS) is 13.8. The second-order valence-corrected chi connectivity index (χ2v) is 27.7. The van der Waals surface area contributed by atoms with Gasteiger partial charge in [-0.1, -0.05) is 105 Å². The van der Waals surface area contributed by atoms with Gasteiger partial charge in [-0.3, -0.25) is 19.4 Å². The first-order valence-electron chi connectivity index (χ1n) is 28.3. The van der Waals surface area contributed by atoms with Crippen LogP contribution in [0, 0.1) is 6.92 Å². The predicted octanol–water partition coefficient (Wildman–Crippen LogP) is 8.63. The van der Waals surface area contributed by atoms with E-state index in [4.69, 9.17) is 0 Å². The van der Waals surface area contributed by atoms with Gasteiger partial charge in [0.15, 0.2) is 11.5 Å². The van der Waals surface area contributed by atoms with E-state index in [-0.39, 0.29) is 42.4 Å². The van der Waals surface area contributed by atoms with E-state index >= 15 is 0 Å². The van der Waals surface area contributed by atoms with E-state index in [1.165, 1.54) is 10.4 Å². The highest BCUT2D eigenvalue weighted by Crippen LogP contribution is 2.44. The minimum absolute atomic E-state index is 0.00814. The highest BCUT2D eigenvalue weighted by molar-refractivity contribution is 6.98. The Morgan fingerprint density at radius 1 is 0.699 bits per heavy atom. The number of aryl methyl sites for hydroxylation is 1. The summed E-state index contributed by atoms with van der Waals surface area (Å²) in [7, 11) is 2.13. The van der Waals surface area contributed by atoms with Gasteiger partial charge < -0.3 is 30.3 Å². The molecule has 1 amide bonds. The third-order valence-corrected chi connectivity index (χ3v) is 19.8. The van der Waals surface area contributed by atoms with E-state index in [0.29, 0.717) is 68.5 Å². The van der Waals surface area contributed by atoms with Crippen molar-refractivity contribution in [3.8, 4) is 0 Å². The molecule has 0 aromatic heterocycles. The van der Waals surface area contributed by atoms with Gasteiger partial charge in [-0.05, 0) is 170 Å². The Kier molecular flexibility index (Phi) is 19.4. The molecule has 2 aliphatic rings. The SMILES string of the molecule is C=C(C)C(=O)CCCCN(Cc1cc(C)ccc1B(O)O)Cc1c2ccccc2c(CN(CCCNC(=O)C(=C)C)Cc2cc(C(F)(F)F)ccc2B(O)O)c2ccc(C3=C4C=CC(=[N+](C)C)C=C4[Si](C)(C)c4cc(N(C)C)ccc43)cc12. The molecule has 11 nitrogen and oxygen atoms in total. The van der Waals surface area contributed by atoms with Crippen LogP contribution in [0.25, 0.3) is 27.1 Å². The van der Waals surface area contributed by atoms with Crippen LogP contribution in [0.2, 0.25) is 13.1 Å². The van der Waals surface area contributed by atoms with Crippen molar-refractivity contribution in [3.05, 3.63) is 195 Å². The van der Waals surface area contributed by atoms with Crippen LogP contribution in [-0.2, 0) is 41.9 Å². The van der Waals surface area contributed by atoms with Gasteiger partial charge in [0.1, 0.15) is 22.2 Å². The summed E-state index contributed by atoms with van der Waals surface area (Å²) in [5, 5.41) is 51.8. The highest BCUT2D eigenvalue weighted by Gasteiger charge is 2.41. The van der Waals surface area contributed by atoms with Gasteiger partial charge in [0.25, 0.3) is 0 Å². The number of anilines is 1. The maximum absolute atomic E-state index is 14.4. The third-order valence-electron chi connectivity index (χ3n) is 16.3. The lowest BCUT2D eigenvalue weighted by Gasteiger charge is -2.38.